The molecule has 0 N–H and O–H groups in total. The van der Waals surface area contributed by atoms with Crippen molar-refractivity contribution in [3.8, 4) is 0 Å². The smallest absolute Gasteiger partial charge is 0.278 e. The lowest BCUT2D eigenvalue weighted by atomic mass is 10.1. The SMILES string of the molecule is C=S(N1CCN(C(C)C)CC1)N(Cc1ccc(C2=NN=C(C(F)F)C2)cn1)c1ccc(F)c(Cl)c1. The van der Waals surface area contributed by atoms with E-state index in [0.717, 1.165) is 37.6 Å². The quantitative estimate of drug-likeness (QED) is 0.442. The second kappa shape index (κ2) is 11.2. The Morgan fingerprint density at radius 1 is 1.11 bits per heavy atom. The molecule has 0 spiro atoms. The standard InChI is InChI=1S/C24H28ClF3N6S/c1-16(2)32-8-10-33(11-9-32)35(3)34(19-6-7-21(26)20(25)12-19)15-18-5-4-17(14-29-18)22-13-23(24(27)28)31-30-22/h4-7,12,14,16,24H,3,8-11,13,15H2,1-2H3. The lowest BCUT2D eigenvalue weighted by molar-refractivity contribution is 0.160. The Morgan fingerprint density at radius 3 is 2.43 bits per heavy atom. The summed E-state index contributed by atoms with van der Waals surface area (Å²) < 4.78 is 44.0. The van der Waals surface area contributed by atoms with E-state index in [-0.39, 0.29) is 17.2 Å². The van der Waals surface area contributed by atoms with Crippen LogP contribution in [0.2, 0.25) is 5.02 Å². The highest BCUT2D eigenvalue weighted by Crippen LogP contribution is 2.34. The van der Waals surface area contributed by atoms with Gasteiger partial charge in [0.2, 0.25) is 0 Å². The minimum Gasteiger partial charge on any atom is -0.304 e. The van der Waals surface area contributed by atoms with Gasteiger partial charge in [-0.2, -0.15) is 10.2 Å². The van der Waals surface area contributed by atoms with Crippen LogP contribution >= 0.6 is 22.5 Å². The van der Waals surface area contributed by atoms with Crippen molar-refractivity contribution < 1.29 is 13.2 Å². The molecule has 4 rings (SSSR count). The zero-order valence-corrected chi connectivity index (χ0v) is 21.2. The van der Waals surface area contributed by atoms with E-state index < -0.39 is 23.1 Å². The Morgan fingerprint density at radius 2 is 1.86 bits per heavy atom. The normalized spacial score (nSPS) is 18.2. The summed E-state index contributed by atoms with van der Waals surface area (Å²) in [6, 6.07) is 8.80. The van der Waals surface area contributed by atoms with E-state index in [1.165, 1.54) is 6.07 Å². The molecular formula is C24H28ClF3N6S. The molecule has 2 aliphatic rings. The summed E-state index contributed by atoms with van der Waals surface area (Å²) in [5, 5.41) is 7.49. The first-order valence-corrected chi connectivity index (χ1v) is 13.0. The first-order valence-electron chi connectivity index (χ1n) is 11.4. The van der Waals surface area contributed by atoms with Crippen LogP contribution in [0.15, 0.2) is 46.7 Å². The maximum Gasteiger partial charge on any atom is 0.278 e. The topological polar surface area (TPSA) is 47.3 Å². The lowest BCUT2D eigenvalue weighted by Gasteiger charge is -2.41. The van der Waals surface area contributed by atoms with Crippen molar-refractivity contribution >= 4 is 45.4 Å². The van der Waals surface area contributed by atoms with Gasteiger partial charge in [0.25, 0.3) is 6.43 Å². The molecule has 1 saturated heterocycles. The number of aromatic nitrogens is 1. The van der Waals surface area contributed by atoms with Gasteiger partial charge in [0.15, 0.2) is 0 Å². The number of hydrogen-bond acceptors (Lipinski definition) is 6. The first-order chi connectivity index (χ1) is 16.7. The van der Waals surface area contributed by atoms with E-state index in [9.17, 15) is 13.2 Å². The van der Waals surface area contributed by atoms with Crippen molar-refractivity contribution in [1.82, 2.24) is 14.2 Å². The number of pyridine rings is 1. The van der Waals surface area contributed by atoms with E-state index in [0.29, 0.717) is 23.9 Å². The molecule has 1 unspecified atom stereocenters. The molecule has 2 aromatic rings. The van der Waals surface area contributed by atoms with Gasteiger partial charge in [0, 0.05) is 56.1 Å². The predicted molar refractivity (Wildman–Crippen MR) is 139 cm³/mol. The van der Waals surface area contributed by atoms with Crippen molar-refractivity contribution in [2.24, 2.45) is 10.2 Å². The van der Waals surface area contributed by atoms with E-state index >= 15 is 0 Å². The van der Waals surface area contributed by atoms with Gasteiger partial charge in [-0.05, 0) is 60.9 Å². The van der Waals surface area contributed by atoms with Crippen LogP contribution in [0.1, 0.15) is 31.5 Å². The third kappa shape index (κ3) is 6.11. The molecule has 188 valence electrons. The van der Waals surface area contributed by atoms with Crippen molar-refractivity contribution in [3.63, 3.8) is 0 Å². The fourth-order valence-corrected chi connectivity index (χ4v) is 5.66. The molecule has 1 aromatic heterocycles. The van der Waals surface area contributed by atoms with Crippen LogP contribution in [0.4, 0.5) is 18.9 Å². The Bertz CT molecular complexity index is 1130. The first kappa shape index (κ1) is 25.8. The fraction of sp³-hybridized carbons (Fsp3) is 0.417. The van der Waals surface area contributed by atoms with Crippen LogP contribution < -0.4 is 4.31 Å². The highest BCUT2D eigenvalue weighted by molar-refractivity contribution is 8.13. The number of hydrogen-bond donors (Lipinski definition) is 0. The van der Waals surface area contributed by atoms with Crippen LogP contribution in [0.3, 0.4) is 0 Å². The zero-order valence-electron chi connectivity index (χ0n) is 19.7. The van der Waals surface area contributed by atoms with Crippen LogP contribution in [-0.2, 0) is 6.54 Å². The molecule has 11 heteroatoms. The fourth-order valence-electron chi connectivity index (χ4n) is 3.98. The summed E-state index contributed by atoms with van der Waals surface area (Å²) in [7, 11) is -0.563. The van der Waals surface area contributed by atoms with Gasteiger partial charge in [-0.15, -0.1) is 0 Å². The van der Waals surface area contributed by atoms with E-state index in [4.69, 9.17) is 11.6 Å². The summed E-state index contributed by atoms with van der Waals surface area (Å²) in [6.07, 6.45) is -0.975. The van der Waals surface area contributed by atoms with Crippen LogP contribution in [0.5, 0.6) is 0 Å². The number of anilines is 1. The maximum atomic E-state index is 13.9. The monoisotopic (exact) mass is 524 g/mol. The summed E-state index contributed by atoms with van der Waals surface area (Å²) >= 11 is 6.10. The molecule has 35 heavy (non-hydrogen) atoms. The number of alkyl halides is 2. The molecule has 0 saturated carbocycles. The minimum atomic E-state index is -2.61. The summed E-state index contributed by atoms with van der Waals surface area (Å²) in [6.45, 7) is 8.45. The zero-order chi connectivity index (χ0) is 25.1. The van der Waals surface area contributed by atoms with Crippen LogP contribution in [-0.4, -0.2) is 70.1 Å². The summed E-state index contributed by atoms with van der Waals surface area (Å²) in [5.74, 6) is 3.98. The van der Waals surface area contributed by atoms with E-state index in [2.05, 4.69) is 48.4 Å². The molecule has 0 bridgehead atoms. The third-order valence-electron chi connectivity index (χ3n) is 6.11. The molecule has 3 heterocycles. The van der Waals surface area contributed by atoms with Crippen LogP contribution in [0, 0.1) is 5.82 Å². The van der Waals surface area contributed by atoms with Gasteiger partial charge in [-0.3, -0.25) is 9.88 Å². The Labute approximate surface area is 211 Å². The molecule has 2 aliphatic heterocycles. The summed E-state index contributed by atoms with van der Waals surface area (Å²) in [4.78, 5) is 6.98. The van der Waals surface area contributed by atoms with Gasteiger partial charge >= 0.3 is 0 Å². The van der Waals surface area contributed by atoms with E-state index in [1.807, 2.05) is 12.1 Å². The van der Waals surface area contributed by atoms with Crippen molar-refractivity contribution in [2.75, 3.05) is 30.5 Å². The van der Waals surface area contributed by atoms with E-state index in [1.54, 1.807) is 18.3 Å². The molecule has 6 nitrogen and oxygen atoms in total. The Balaban J connectivity index is 1.52. The van der Waals surface area contributed by atoms with Crippen molar-refractivity contribution in [3.05, 3.63) is 58.6 Å². The van der Waals surface area contributed by atoms with Crippen LogP contribution in [0.25, 0.3) is 0 Å². The molecule has 0 radical (unpaired) electrons. The average Bonchev–Trinajstić information content (AvgIpc) is 3.35. The molecule has 1 aromatic carbocycles. The van der Waals surface area contributed by atoms with Gasteiger partial charge in [-0.1, -0.05) is 11.6 Å². The molecule has 1 fully saturated rings. The largest absolute Gasteiger partial charge is 0.304 e. The third-order valence-corrected chi connectivity index (χ3v) is 8.21. The lowest BCUT2D eigenvalue weighted by Crippen LogP contribution is -2.48. The Hall–Kier alpha value is -2.27. The highest BCUT2D eigenvalue weighted by atomic mass is 35.5. The van der Waals surface area contributed by atoms with Crippen molar-refractivity contribution in [1.29, 1.82) is 0 Å². The van der Waals surface area contributed by atoms with Gasteiger partial charge in [0.05, 0.1) is 23.0 Å². The number of benzene rings is 1. The number of rotatable bonds is 8. The van der Waals surface area contributed by atoms with Crippen molar-refractivity contribution in [2.45, 2.75) is 39.3 Å². The minimum absolute atomic E-state index is 0.0174. The molecular weight excluding hydrogens is 497 g/mol. The second-order valence-corrected chi connectivity index (χ2v) is 10.7. The number of nitrogens with zero attached hydrogens (tertiary/aromatic N) is 6. The van der Waals surface area contributed by atoms with Gasteiger partial charge in [0.1, 0.15) is 11.5 Å². The molecule has 0 aliphatic carbocycles. The van der Waals surface area contributed by atoms with Gasteiger partial charge in [-0.25, -0.2) is 17.5 Å². The summed E-state index contributed by atoms with van der Waals surface area (Å²) in [5.41, 5.74) is 2.40. The highest BCUT2D eigenvalue weighted by Gasteiger charge is 2.25. The second-order valence-electron chi connectivity index (χ2n) is 8.69. The number of halogens is 4. The molecule has 1 atom stereocenters. The van der Waals surface area contributed by atoms with Gasteiger partial charge < -0.3 is 4.31 Å². The number of piperazine rings is 1. The maximum absolute atomic E-state index is 13.9. The Kier molecular flexibility index (Phi) is 8.26. The molecule has 0 amide bonds. The average molecular weight is 525 g/mol. The predicted octanol–water partition coefficient (Wildman–Crippen LogP) is 5.25.